The van der Waals surface area contributed by atoms with Gasteiger partial charge in [0.2, 0.25) is 0 Å². The van der Waals surface area contributed by atoms with Crippen molar-refractivity contribution in [3.05, 3.63) is 24.3 Å². The lowest BCUT2D eigenvalue weighted by atomic mass is 10.00. The number of para-hydroxylation sites is 2. The number of amides is 1. The monoisotopic (exact) mass is 316 g/mol. The number of benzene rings is 1. The first-order valence-corrected chi connectivity index (χ1v) is 7.08. The van der Waals surface area contributed by atoms with Crippen LogP contribution in [-0.2, 0) is 9.53 Å². The Balaban J connectivity index is 2.09. The number of alkyl halides is 3. The van der Waals surface area contributed by atoms with Crippen molar-refractivity contribution in [2.45, 2.75) is 26.1 Å². The molecule has 122 valence electrons. The number of rotatable bonds is 4. The Kier molecular flexibility index (Phi) is 4.95. The number of fused-ring (bicyclic) bond motifs is 1. The van der Waals surface area contributed by atoms with Crippen molar-refractivity contribution in [2.24, 2.45) is 5.92 Å². The Morgan fingerprint density at radius 3 is 2.73 bits per heavy atom. The van der Waals surface area contributed by atoms with Crippen LogP contribution in [0.3, 0.4) is 0 Å². The van der Waals surface area contributed by atoms with E-state index in [9.17, 15) is 18.0 Å². The summed E-state index contributed by atoms with van der Waals surface area (Å²) in [5, 5.41) is 3.35. The molecule has 0 aliphatic carbocycles. The maximum Gasteiger partial charge on any atom is 0.411 e. The molecule has 0 saturated carbocycles. The number of carbonyl (C=O) groups is 1. The van der Waals surface area contributed by atoms with Crippen LogP contribution in [0, 0.1) is 5.92 Å². The van der Waals surface area contributed by atoms with Crippen LogP contribution in [0.1, 0.15) is 13.8 Å². The zero-order valence-corrected chi connectivity index (χ0v) is 12.5. The highest BCUT2D eigenvalue weighted by Crippen LogP contribution is 2.32. The number of nitrogens with zero attached hydrogens (tertiary/aromatic N) is 1. The van der Waals surface area contributed by atoms with Crippen molar-refractivity contribution in [2.75, 3.05) is 30.0 Å². The molecule has 4 nitrogen and oxygen atoms in total. The third-order valence-corrected chi connectivity index (χ3v) is 3.51. The van der Waals surface area contributed by atoms with Crippen LogP contribution < -0.4 is 10.2 Å². The topological polar surface area (TPSA) is 41.6 Å². The number of hydrogen-bond acceptors (Lipinski definition) is 3. The van der Waals surface area contributed by atoms with Crippen molar-refractivity contribution in [3.63, 3.8) is 0 Å². The van der Waals surface area contributed by atoms with E-state index in [0.29, 0.717) is 12.2 Å². The second-order valence-electron chi connectivity index (χ2n) is 5.62. The largest absolute Gasteiger partial charge is 0.411 e. The summed E-state index contributed by atoms with van der Waals surface area (Å²) < 4.78 is 40.8. The van der Waals surface area contributed by atoms with Gasteiger partial charge in [-0.05, 0) is 18.1 Å². The number of nitrogens with one attached hydrogen (secondary N) is 1. The van der Waals surface area contributed by atoms with Crippen LogP contribution >= 0.6 is 0 Å². The van der Waals surface area contributed by atoms with E-state index >= 15 is 0 Å². The maximum absolute atomic E-state index is 12.2. The molecule has 1 amide bonds. The van der Waals surface area contributed by atoms with Gasteiger partial charge in [-0.25, -0.2) is 0 Å². The quantitative estimate of drug-likeness (QED) is 0.928. The van der Waals surface area contributed by atoms with Gasteiger partial charge < -0.3 is 15.0 Å². The lowest BCUT2D eigenvalue weighted by Crippen LogP contribution is -2.48. The summed E-state index contributed by atoms with van der Waals surface area (Å²) >= 11 is 0. The number of halogens is 3. The van der Waals surface area contributed by atoms with Crippen LogP contribution in [0.4, 0.5) is 24.5 Å². The SMILES string of the molecule is CC(C)[C@H]1CN(C(=O)COCC(F)(F)F)c2ccccc2N1. The maximum atomic E-state index is 12.2. The molecule has 22 heavy (non-hydrogen) atoms. The Morgan fingerprint density at radius 1 is 1.41 bits per heavy atom. The standard InChI is InChI=1S/C15H19F3N2O2/c1-10(2)12-7-20(13-6-4-3-5-11(13)19-12)14(21)8-22-9-15(16,17)18/h3-6,10,12,19H,7-9H2,1-2H3/t12-/m1/s1. The predicted molar refractivity (Wildman–Crippen MR) is 77.9 cm³/mol. The lowest BCUT2D eigenvalue weighted by Gasteiger charge is -2.37. The van der Waals surface area contributed by atoms with Crippen molar-refractivity contribution < 1.29 is 22.7 Å². The van der Waals surface area contributed by atoms with Gasteiger partial charge in [0.1, 0.15) is 13.2 Å². The Morgan fingerprint density at radius 2 is 2.09 bits per heavy atom. The van der Waals surface area contributed by atoms with E-state index in [1.807, 2.05) is 26.0 Å². The average molecular weight is 316 g/mol. The molecule has 1 aliphatic heterocycles. The molecule has 0 bridgehead atoms. The summed E-state index contributed by atoms with van der Waals surface area (Å²) in [7, 11) is 0. The molecule has 0 unspecified atom stereocenters. The average Bonchev–Trinajstić information content (AvgIpc) is 2.44. The smallest absolute Gasteiger partial charge is 0.379 e. The minimum Gasteiger partial charge on any atom is -0.379 e. The lowest BCUT2D eigenvalue weighted by molar-refractivity contribution is -0.175. The van der Waals surface area contributed by atoms with E-state index in [4.69, 9.17) is 0 Å². The number of ether oxygens (including phenoxy) is 1. The molecule has 0 spiro atoms. The molecule has 0 saturated heterocycles. The second kappa shape index (κ2) is 6.56. The van der Waals surface area contributed by atoms with Crippen LogP contribution in [0.5, 0.6) is 0 Å². The van der Waals surface area contributed by atoms with Gasteiger partial charge in [0.05, 0.1) is 11.4 Å². The van der Waals surface area contributed by atoms with Gasteiger partial charge in [-0.3, -0.25) is 4.79 Å². The molecule has 1 heterocycles. The number of hydrogen-bond donors (Lipinski definition) is 1. The van der Waals surface area contributed by atoms with Crippen LogP contribution in [0.2, 0.25) is 0 Å². The van der Waals surface area contributed by atoms with Gasteiger partial charge in [0.15, 0.2) is 0 Å². The highest BCUT2D eigenvalue weighted by atomic mass is 19.4. The third-order valence-electron chi connectivity index (χ3n) is 3.51. The molecular weight excluding hydrogens is 297 g/mol. The molecule has 0 fully saturated rings. The first kappa shape index (κ1) is 16.6. The summed E-state index contributed by atoms with van der Waals surface area (Å²) in [6, 6.07) is 7.28. The molecule has 2 rings (SSSR count). The Bertz CT molecular complexity index is 532. The van der Waals surface area contributed by atoms with Crippen molar-refractivity contribution in [1.82, 2.24) is 0 Å². The van der Waals surface area contributed by atoms with Gasteiger partial charge in [0, 0.05) is 12.6 Å². The fourth-order valence-corrected chi connectivity index (χ4v) is 2.32. The molecule has 1 N–H and O–H groups in total. The van der Waals surface area contributed by atoms with E-state index in [1.165, 1.54) is 4.90 Å². The molecule has 1 aromatic rings. The molecule has 7 heteroatoms. The third kappa shape index (κ3) is 4.13. The number of anilines is 2. The van der Waals surface area contributed by atoms with Gasteiger partial charge in [-0.2, -0.15) is 13.2 Å². The van der Waals surface area contributed by atoms with Crippen LogP contribution in [0.25, 0.3) is 0 Å². The summed E-state index contributed by atoms with van der Waals surface area (Å²) in [6.07, 6.45) is -4.43. The highest BCUT2D eigenvalue weighted by molar-refractivity contribution is 5.98. The molecule has 1 aromatic carbocycles. The first-order chi connectivity index (χ1) is 10.3. The van der Waals surface area contributed by atoms with Gasteiger partial charge >= 0.3 is 6.18 Å². The van der Waals surface area contributed by atoms with E-state index in [1.54, 1.807) is 12.1 Å². The van der Waals surface area contributed by atoms with E-state index in [-0.39, 0.29) is 12.0 Å². The molecule has 1 aliphatic rings. The van der Waals surface area contributed by atoms with E-state index in [0.717, 1.165) is 5.69 Å². The summed E-state index contributed by atoms with van der Waals surface area (Å²) in [5.74, 6) is -0.191. The molecule has 1 atom stereocenters. The normalized spacial score (nSPS) is 18.1. The second-order valence-corrected chi connectivity index (χ2v) is 5.62. The zero-order chi connectivity index (χ0) is 16.3. The van der Waals surface area contributed by atoms with Crippen LogP contribution in [-0.4, -0.2) is 37.9 Å². The highest BCUT2D eigenvalue weighted by Gasteiger charge is 2.31. The molecule has 0 aromatic heterocycles. The van der Waals surface area contributed by atoms with Crippen molar-refractivity contribution in [3.8, 4) is 0 Å². The molecular formula is C15H19F3N2O2. The minimum atomic E-state index is -4.43. The summed E-state index contributed by atoms with van der Waals surface area (Å²) in [4.78, 5) is 13.7. The predicted octanol–water partition coefficient (Wildman–Crippen LogP) is 3.05. The van der Waals surface area contributed by atoms with E-state index in [2.05, 4.69) is 10.1 Å². The summed E-state index contributed by atoms with van der Waals surface area (Å²) in [6.45, 7) is 2.45. The summed E-state index contributed by atoms with van der Waals surface area (Å²) in [5.41, 5.74) is 1.47. The molecule has 0 radical (unpaired) electrons. The van der Waals surface area contributed by atoms with Crippen molar-refractivity contribution in [1.29, 1.82) is 0 Å². The van der Waals surface area contributed by atoms with Crippen LogP contribution in [0.15, 0.2) is 24.3 Å². The van der Waals surface area contributed by atoms with Gasteiger partial charge in [0.25, 0.3) is 5.91 Å². The van der Waals surface area contributed by atoms with Gasteiger partial charge in [-0.1, -0.05) is 26.0 Å². The van der Waals surface area contributed by atoms with E-state index < -0.39 is 25.3 Å². The fraction of sp³-hybridized carbons (Fsp3) is 0.533. The Labute approximate surface area is 127 Å². The zero-order valence-electron chi connectivity index (χ0n) is 12.5. The van der Waals surface area contributed by atoms with Gasteiger partial charge in [-0.15, -0.1) is 0 Å². The first-order valence-electron chi connectivity index (χ1n) is 7.08. The fourth-order valence-electron chi connectivity index (χ4n) is 2.32. The number of carbonyl (C=O) groups excluding carboxylic acids is 1. The minimum absolute atomic E-state index is 0.0430. The Hall–Kier alpha value is -1.76. The van der Waals surface area contributed by atoms with Crippen molar-refractivity contribution >= 4 is 17.3 Å².